The Hall–Kier alpha value is -0.0800. The fourth-order valence-electron chi connectivity index (χ4n) is 6.57. The number of rotatable bonds is 4. The monoisotopic (exact) mass is 251 g/mol. The van der Waals surface area contributed by atoms with Crippen LogP contribution in [0.25, 0.3) is 0 Å². The van der Waals surface area contributed by atoms with Gasteiger partial charge >= 0.3 is 0 Å². The minimum atomic E-state index is 0.293. The lowest BCUT2D eigenvalue weighted by atomic mass is 9.39. The maximum Gasteiger partial charge on any atom is 0.0431 e. The lowest BCUT2D eigenvalue weighted by molar-refractivity contribution is -0.154. The van der Waals surface area contributed by atoms with Crippen molar-refractivity contribution in [2.75, 3.05) is 6.61 Å². The Morgan fingerprint density at radius 1 is 1.11 bits per heavy atom. The van der Waals surface area contributed by atoms with Gasteiger partial charge in [-0.1, -0.05) is 13.8 Å². The van der Waals surface area contributed by atoms with Gasteiger partial charge in [-0.3, -0.25) is 0 Å². The van der Waals surface area contributed by atoms with Crippen LogP contribution in [0.2, 0.25) is 0 Å². The molecular formula is C16H29NO. The lowest BCUT2D eigenvalue weighted by Gasteiger charge is -2.67. The Kier molecular flexibility index (Phi) is 2.84. The molecule has 3 unspecified atom stereocenters. The largest absolute Gasteiger partial charge is 0.396 e. The van der Waals surface area contributed by atoms with Crippen LogP contribution >= 0.6 is 0 Å². The van der Waals surface area contributed by atoms with E-state index in [1.54, 1.807) is 0 Å². The molecule has 0 heterocycles. The van der Waals surface area contributed by atoms with E-state index >= 15 is 0 Å². The van der Waals surface area contributed by atoms with Crippen LogP contribution in [-0.2, 0) is 0 Å². The summed E-state index contributed by atoms with van der Waals surface area (Å²) in [7, 11) is 0. The summed E-state index contributed by atoms with van der Waals surface area (Å²) in [6, 6.07) is 0.312. The van der Waals surface area contributed by atoms with Crippen molar-refractivity contribution in [3.8, 4) is 0 Å². The molecule has 4 fully saturated rings. The SMILES string of the molecule is CC12CC3CC(C)(C1)CC(C(N)CCCO)(C3)C2. The summed E-state index contributed by atoms with van der Waals surface area (Å²) < 4.78 is 0. The highest BCUT2D eigenvalue weighted by molar-refractivity contribution is 5.12. The van der Waals surface area contributed by atoms with Gasteiger partial charge in [-0.2, -0.15) is 0 Å². The molecule has 0 amide bonds. The Labute approximate surface area is 111 Å². The second kappa shape index (κ2) is 3.96. The van der Waals surface area contributed by atoms with Gasteiger partial charge in [0.1, 0.15) is 0 Å². The van der Waals surface area contributed by atoms with E-state index in [4.69, 9.17) is 10.8 Å². The van der Waals surface area contributed by atoms with Crippen LogP contribution in [0.1, 0.15) is 65.2 Å². The van der Waals surface area contributed by atoms with E-state index in [-0.39, 0.29) is 0 Å². The number of nitrogens with two attached hydrogens (primary N) is 1. The predicted molar refractivity (Wildman–Crippen MR) is 74.1 cm³/mol. The van der Waals surface area contributed by atoms with Crippen molar-refractivity contribution in [1.82, 2.24) is 0 Å². The molecule has 0 aromatic rings. The second-order valence-corrected chi connectivity index (χ2v) is 8.46. The number of hydrogen-bond acceptors (Lipinski definition) is 2. The molecule has 4 aliphatic carbocycles. The molecule has 3 atom stereocenters. The smallest absolute Gasteiger partial charge is 0.0431 e. The molecule has 18 heavy (non-hydrogen) atoms. The van der Waals surface area contributed by atoms with Crippen molar-refractivity contribution in [2.24, 2.45) is 27.9 Å². The minimum Gasteiger partial charge on any atom is -0.396 e. The number of aliphatic hydroxyl groups is 1. The molecule has 2 heteroatoms. The molecule has 0 radical (unpaired) electrons. The van der Waals surface area contributed by atoms with Crippen molar-refractivity contribution in [3.05, 3.63) is 0 Å². The molecular weight excluding hydrogens is 222 g/mol. The maximum atomic E-state index is 9.04. The Morgan fingerprint density at radius 3 is 2.22 bits per heavy atom. The summed E-state index contributed by atoms with van der Waals surface area (Å²) in [4.78, 5) is 0. The minimum absolute atomic E-state index is 0.293. The molecule has 0 saturated heterocycles. The molecule has 104 valence electrons. The van der Waals surface area contributed by atoms with Crippen LogP contribution in [0.15, 0.2) is 0 Å². The lowest BCUT2D eigenvalue weighted by Crippen LogP contribution is -2.60. The highest BCUT2D eigenvalue weighted by Crippen LogP contribution is 2.70. The topological polar surface area (TPSA) is 46.2 Å². The van der Waals surface area contributed by atoms with Crippen molar-refractivity contribution in [1.29, 1.82) is 0 Å². The van der Waals surface area contributed by atoms with E-state index in [0.717, 1.165) is 18.8 Å². The van der Waals surface area contributed by atoms with Crippen LogP contribution in [-0.4, -0.2) is 17.8 Å². The zero-order valence-electron chi connectivity index (χ0n) is 12.0. The third-order valence-corrected chi connectivity index (χ3v) is 6.13. The van der Waals surface area contributed by atoms with Crippen LogP contribution < -0.4 is 5.73 Å². The van der Waals surface area contributed by atoms with Gasteiger partial charge in [-0.25, -0.2) is 0 Å². The van der Waals surface area contributed by atoms with Gasteiger partial charge in [0.15, 0.2) is 0 Å². The van der Waals surface area contributed by atoms with Crippen molar-refractivity contribution in [2.45, 2.75) is 71.3 Å². The number of aliphatic hydroxyl groups excluding tert-OH is 1. The van der Waals surface area contributed by atoms with Crippen LogP contribution in [0.5, 0.6) is 0 Å². The Bertz CT molecular complexity index is 322. The van der Waals surface area contributed by atoms with E-state index in [1.807, 2.05) is 0 Å². The fourth-order valence-corrected chi connectivity index (χ4v) is 6.57. The number of hydrogen-bond donors (Lipinski definition) is 2. The van der Waals surface area contributed by atoms with E-state index < -0.39 is 0 Å². The fraction of sp³-hybridized carbons (Fsp3) is 1.00. The quantitative estimate of drug-likeness (QED) is 0.806. The second-order valence-electron chi connectivity index (χ2n) is 8.46. The van der Waals surface area contributed by atoms with Crippen molar-refractivity contribution < 1.29 is 5.11 Å². The molecule has 0 spiro atoms. The predicted octanol–water partition coefficient (Wildman–Crippen LogP) is 3.08. The van der Waals surface area contributed by atoms with Gasteiger partial charge in [0.05, 0.1) is 0 Å². The molecule has 0 aromatic carbocycles. The summed E-state index contributed by atoms with van der Waals surface area (Å²) in [5.41, 5.74) is 8.09. The normalized spacial score (nSPS) is 51.7. The summed E-state index contributed by atoms with van der Waals surface area (Å²) in [5, 5.41) is 9.04. The first-order valence-electron chi connectivity index (χ1n) is 7.75. The maximum absolute atomic E-state index is 9.04. The third kappa shape index (κ3) is 1.92. The first kappa shape index (κ1) is 12.9. The average Bonchev–Trinajstić information content (AvgIpc) is 2.20. The molecule has 0 aliphatic heterocycles. The highest BCUT2D eigenvalue weighted by Gasteiger charge is 2.61. The molecule has 0 aromatic heterocycles. The van der Waals surface area contributed by atoms with Crippen molar-refractivity contribution in [3.63, 3.8) is 0 Å². The zero-order chi connectivity index (χ0) is 13.0. The molecule has 2 nitrogen and oxygen atoms in total. The Morgan fingerprint density at radius 2 is 1.72 bits per heavy atom. The summed E-state index contributed by atoms with van der Waals surface area (Å²) >= 11 is 0. The van der Waals surface area contributed by atoms with Crippen LogP contribution in [0.4, 0.5) is 0 Å². The molecule has 3 N–H and O–H groups in total. The molecule has 4 bridgehead atoms. The van der Waals surface area contributed by atoms with Gasteiger partial charge in [0.25, 0.3) is 0 Å². The highest BCUT2D eigenvalue weighted by atomic mass is 16.2. The van der Waals surface area contributed by atoms with Gasteiger partial charge < -0.3 is 10.8 Å². The molecule has 4 saturated carbocycles. The molecule has 4 aliphatic rings. The van der Waals surface area contributed by atoms with E-state index in [0.29, 0.717) is 28.9 Å². The van der Waals surface area contributed by atoms with Crippen molar-refractivity contribution >= 4 is 0 Å². The van der Waals surface area contributed by atoms with Gasteiger partial charge in [-0.05, 0) is 73.5 Å². The first-order valence-corrected chi connectivity index (χ1v) is 7.75. The summed E-state index contributed by atoms with van der Waals surface area (Å²) in [5.74, 6) is 0.927. The zero-order valence-corrected chi connectivity index (χ0v) is 12.0. The average molecular weight is 251 g/mol. The summed E-state index contributed by atoms with van der Waals surface area (Å²) in [6.07, 6.45) is 10.2. The third-order valence-electron chi connectivity index (χ3n) is 6.13. The first-order chi connectivity index (χ1) is 8.39. The standard InChI is InChI=1S/C16H29NO/c1-14-6-12-7-15(2,9-14)11-16(8-12,10-14)13(17)4-3-5-18/h12-13,18H,3-11,17H2,1-2H3. The summed E-state index contributed by atoms with van der Waals surface area (Å²) in [6.45, 7) is 5.30. The van der Waals surface area contributed by atoms with E-state index in [9.17, 15) is 0 Å². The van der Waals surface area contributed by atoms with Crippen LogP contribution in [0.3, 0.4) is 0 Å². The van der Waals surface area contributed by atoms with E-state index in [1.165, 1.54) is 38.5 Å². The van der Waals surface area contributed by atoms with E-state index in [2.05, 4.69) is 13.8 Å². The Balaban J connectivity index is 1.84. The molecule has 4 rings (SSSR count). The van der Waals surface area contributed by atoms with Gasteiger partial charge in [-0.15, -0.1) is 0 Å². The van der Waals surface area contributed by atoms with Crippen LogP contribution in [0, 0.1) is 22.2 Å². The van der Waals surface area contributed by atoms with Gasteiger partial charge in [0.2, 0.25) is 0 Å². The van der Waals surface area contributed by atoms with Gasteiger partial charge in [0, 0.05) is 12.6 Å².